The summed E-state index contributed by atoms with van der Waals surface area (Å²) in [6.45, 7) is 5.96. The predicted octanol–water partition coefficient (Wildman–Crippen LogP) is 2.72. The smallest absolute Gasteiger partial charge is 0.339 e. The second-order valence-electron chi connectivity index (χ2n) is 6.90. The Morgan fingerprint density at radius 1 is 1.13 bits per heavy atom. The van der Waals surface area contributed by atoms with E-state index in [0.29, 0.717) is 66.1 Å². The molecule has 0 aliphatic carbocycles. The Kier molecular flexibility index (Phi) is 5.37. The first-order valence-corrected chi connectivity index (χ1v) is 9.58. The summed E-state index contributed by atoms with van der Waals surface area (Å²) in [6, 6.07) is 6.67. The monoisotopic (exact) mass is 410 g/mol. The molecule has 1 saturated heterocycles. The number of aromatic nitrogens is 2. The van der Waals surface area contributed by atoms with Gasteiger partial charge in [-0.15, -0.1) is 0 Å². The fourth-order valence-electron chi connectivity index (χ4n) is 3.54. The molecule has 0 spiro atoms. The van der Waals surface area contributed by atoms with Crippen LogP contribution >= 0.6 is 0 Å². The summed E-state index contributed by atoms with van der Waals surface area (Å²) < 4.78 is 16.1. The van der Waals surface area contributed by atoms with Crippen LogP contribution in [0.1, 0.15) is 32.3 Å². The molecule has 1 aliphatic rings. The Bertz CT molecular complexity index is 1120. The van der Waals surface area contributed by atoms with Gasteiger partial charge in [0.15, 0.2) is 0 Å². The van der Waals surface area contributed by atoms with E-state index in [9.17, 15) is 9.59 Å². The molecule has 156 valence electrons. The fraction of sp³-hybridized carbons (Fsp3) is 0.333. The van der Waals surface area contributed by atoms with Gasteiger partial charge in [-0.25, -0.2) is 9.78 Å². The quantitative estimate of drug-likeness (QED) is 0.655. The summed E-state index contributed by atoms with van der Waals surface area (Å²) in [7, 11) is 1.29. The van der Waals surface area contributed by atoms with Gasteiger partial charge in [0.25, 0.3) is 5.91 Å². The van der Waals surface area contributed by atoms with E-state index in [1.807, 2.05) is 0 Å². The van der Waals surface area contributed by atoms with Crippen molar-refractivity contribution in [3.8, 4) is 0 Å². The van der Waals surface area contributed by atoms with Gasteiger partial charge in [-0.2, -0.15) is 4.98 Å². The summed E-state index contributed by atoms with van der Waals surface area (Å²) in [5.41, 5.74) is 1.31. The number of fused-ring (bicyclic) bond motifs is 1. The number of nitrogens with zero attached hydrogens (tertiary/aromatic N) is 3. The Morgan fingerprint density at radius 3 is 2.60 bits per heavy atom. The van der Waals surface area contributed by atoms with Crippen molar-refractivity contribution < 1.29 is 23.5 Å². The normalized spacial score (nSPS) is 14.0. The molecule has 0 atom stereocenters. The van der Waals surface area contributed by atoms with Crippen LogP contribution < -0.4 is 10.2 Å². The van der Waals surface area contributed by atoms with Crippen LogP contribution in [-0.4, -0.2) is 55.3 Å². The standard InChI is InChI=1S/C21H22N4O5/c1-12-16(19(26)24-15-7-5-4-6-14(15)21(27)28-3)17-18(25-8-10-29-11-9-25)22-13(2)23-20(17)30-12/h4-7H,8-11H2,1-3H3,(H,24,26). The van der Waals surface area contributed by atoms with Gasteiger partial charge in [0.05, 0.1) is 42.5 Å². The fourth-order valence-corrected chi connectivity index (χ4v) is 3.54. The van der Waals surface area contributed by atoms with E-state index in [1.165, 1.54) is 7.11 Å². The molecular formula is C21H22N4O5. The maximum atomic E-state index is 13.3. The van der Waals surface area contributed by atoms with Crippen LogP contribution in [0, 0.1) is 13.8 Å². The van der Waals surface area contributed by atoms with Crippen molar-refractivity contribution in [2.75, 3.05) is 43.6 Å². The summed E-state index contributed by atoms with van der Waals surface area (Å²) in [5.74, 6) is 0.675. The highest BCUT2D eigenvalue weighted by Crippen LogP contribution is 2.33. The van der Waals surface area contributed by atoms with Crippen LogP contribution in [0.5, 0.6) is 0 Å². The van der Waals surface area contributed by atoms with Crippen molar-refractivity contribution in [1.82, 2.24) is 9.97 Å². The third kappa shape index (κ3) is 3.59. The second kappa shape index (κ2) is 8.11. The van der Waals surface area contributed by atoms with Crippen molar-refractivity contribution in [2.45, 2.75) is 13.8 Å². The van der Waals surface area contributed by atoms with E-state index in [-0.39, 0.29) is 5.56 Å². The van der Waals surface area contributed by atoms with Crippen LogP contribution in [0.3, 0.4) is 0 Å². The van der Waals surface area contributed by atoms with Crippen LogP contribution in [0.2, 0.25) is 0 Å². The van der Waals surface area contributed by atoms with E-state index in [2.05, 4.69) is 20.2 Å². The minimum atomic E-state index is -0.535. The van der Waals surface area contributed by atoms with Crippen LogP contribution in [0.25, 0.3) is 11.1 Å². The van der Waals surface area contributed by atoms with E-state index >= 15 is 0 Å². The van der Waals surface area contributed by atoms with Crippen molar-refractivity contribution in [3.63, 3.8) is 0 Å². The Hall–Kier alpha value is -3.46. The largest absolute Gasteiger partial charge is 0.465 e. The van der Waals surface area contributed by atoms with Gasteiger partial charge in [0.2, 0.25) is 5.71 Å². The number of hydrogen-bond acceptors (Lipinski definition) is 8. The van der Waals surface area contributed by atoms with Gasteiger partial charge >= 0.3 is 5.97 Å². The van der Waals surface area contributed by atoms with Crippen molar-refractivity contribution in [3.05, 3.63) is 47.0 Å². The zero-order valence-corrected chi connectivity index (χ0v) is 17.0. The number of esters is 1. The molecular weight excluding hydrogens is 388 g/mol. The average molecular weight is 410 g/mol. The van der Waals surface area contributed by atoms with Crippen LogP contribution in [0.15, 0.2) is 28.7 Å². The van der Waals surface area contributed by atoms with Crippen molar-refractivity contribution in [1.29, 1.82) is 0 Å². The summed E-state index contributed by atoms with van der Waals surface area (Å²) in [5, 5.41) is 3.36. The number of amides is 1. The molecule has 3 aromatic rings. The number of rotatable bonds is 4. The highest BCUT2D eigenvalue weighted by atomic mass is 16.5. The first kappa shape index (κ1) is 19.8. The van der Waals surface area contributed by atoms with Gasteiger partial charge in [-0.05, 0) is 26.0 Å². The van der Waals surface area contributed by atoms with Crippen molar-refractivity contribution in [2.24, 2.45) is 0 Å². The third-order valence-corrected chi connectivity index (χ3v) is 4.94. The predicted molar refractivity (Wildman–Crippen MR) is 110 cm³/mol. The lowest BCUT2D eigenvalue weighted by molar-refractivity contribution is 0.0602. The number of aryl methyl sites for hydroxylation is 2. The molecule has 1 N–H and O–H groups in total. The van der Waals surface area contributed by atoms with Gasteiger partial charge in [-0.1, -0.05) is 12.1 Å². The molecule has 0 unspecified atom stereocenters. The number of anilines is 2. The molecule has 4 rings (SSSR count). The zero-order valence-electron chi connectivity index (χ0n) is 17.0. The topological polar surface area (TPSA) is 107 Å². The maximum absolute atomic E-state index is 13.3. The van der Waals surface area contributed by atoms with E-state index in [0.717, 1.165) is 0 Å². The molecule has 2 aromatic heterocycles. The zero-order chi connectivity index (χ0) is 21.3. The molecule has 0 bridgehead atoms. The lowest BCUT2D eigenvalue weighted by atomic mass is 10.1. The summed E-state index contributed by atoms with van der Waals surface area (Å²) in [6.07, 6.45) is 0. The van der Waals surface area contributed by atoms with E-state index < -0.39 is 11.9 Å². The first-order valence-electron chi connectivity index (χ1n) is 9.58. The molecule has 1 amide bonds. The molecule has 0 radical (unpaired) electrons. The second-order valence-corrected chi connectivity index (χ2v) is 6.90. The number of methoxy groups -OCH3 is 1. The summed E-state index contributed by atoms with van der Waals surface area (Å²) >= 11 is 0. The van der Waals surface area contributed by atoms with Crippen LogP contribution in [0.4, 0.5) is 11.5 Å². The number of para-hydroxylation sites is 1. The Labute approximate surface area is 173 Å². The highest BCUT2D eigenvalue weighted by molar-refractivity contribution is 6.16. The molecule has 30 heavy (non-hydrogen) atoms. The molecule has 1 aliphatic heterocycles. The Morgan fingerprint density at radius 2 is 1.87 bits per heavy atom. The Balaban J connectivity index is 1.78. The number of benzene rings is 1. The molecule has 1 fully saturated rings. The average Bonchev–Trinajstić information content (AvgIpc) is 3.09. The van der Waals surface area contributed by atoms with Crippen LogP contribution in [-0.2, 0) is 9.47 Å². The van der Waals surface area contributed by atoms with Gasteiger partial charge in [0.1, 0.15) is 17.4 Å². The number of nitrogens with one attached hydrogen (secondary N) is 1. The molecule has 9 nitrogen and oxygen atoms in total. The first-order chi connectivity index (χ1) is 14.5. The number of morpholine rings is 1. The minimum absolute atomic E-state index is 0.263. The number of carbonyl (C=O) groups is 2. The highest BCUT2D eigenvalue weighted by Gasteiger charge is 2.27. The number of hydrogen-bond donors (Lipinski definition) is 1. The van der Waals surface area contributed by atoms with Crippen molar-refractivity contribution >= 4 is 34.5 Å². The number of furan rings is 1. The van der Waals surface area contributed by atoms with E-state index in [1.54, 1.807) is 38.1 Å². The number of carbonyl (C=O) groups excluding carboxylic acids is 2. The lowest BCUT2D eigenvalue weighted by Crippen LogP contribution is -2.37. The van der Waals surface area contributed by atoms with Gasteiger partial charge in [-0.3, -0.25) is 4.79 Å². The third-order valence-electron chi connectivity index (χ3n) is 4.94. The SMILES string of the molecule is COC(=O)c1ccccc1NC(=O)c1c(C)oc2nc(C)nc(N3CCOCC3)c12. The molecule has 0 saturated carbocycles. The minimum Gasteiger partial charge on any atom is -0.465 e. The van der Waals surface area contributed by atoms with E-state index in [4.69, 9.17) is 13.9 Å². The maximum Gasteiger partial charge on any atom is 0.339 e. The molecule has 9 heteroatoms. The number of ether oxygens (including phenoxy) is 2. The molecule has 1 aromatic carbocycles. The van der Waals surface area contributed by atoms with Gasteiger partial charge < -0.3 is 24.1 Å². The molecule has 3 heterocycles. The van der Waals surface area contributed by atoms with Gasteiger partial charge in [0, 0.05) is 13.1 Å². The summed E-state index contributed by atoms with van der Waals surface area (Å²) in [4.78, 5) is 36.3. The lowest BCUT2D eigenvalue weighted by Gasteiger charge is -2.28.